The molecule has 16 heavy (non-hydrogen) atoms. The fourth-order valence-electron chi connectivity index (χ4n) is 1.94. The highest BCUT2D eigenvalue weighted by Gasteiger charge is 2.35. The third kappa shape index (κ3) is 3.09. The lowest BCUT2D eigenvalue weighted by molar-refractivity contribution is -0.122. The standard InChI is InChI=1S/C11H23N3O2/c1-5-13(4)10(15)14-7-9(6-12)16-11(2,3)8-14/h9H,5-8,12H2,1-4H3. The van der Waals surface area contributed by atoms with E-state index in [0.29, 0.717) is 26.2 Å². The van der Waals surface area contributed by atoms with Crippen LogP contribution in [0.5, 0.6) is 0 Å². The second-order valence-corrected chi connectivity index (χ2v) is 4.91. The molecule has 5 heteroatoms. The lowest BCUT2D eigenvalue weighted by Crippen LogP contribution is -2.58. The van der Waals surface area contributed by atoms with E-state index in [4.69, 9.17) is 10.5 Å². The Bertz CT molecular complexity index is 256. The highest BCUT2D eigenvalue weighted by Crippen LogP contribution is 2.21. The van der Waals surface area contributed by atoms with E-state index in [1.54, 1.807) is 4.90 Å². The van der Waals surface area contributed by atoms with Gasteiger partial charge in [-0.15, -0.1) is 0 Å². The molecule has 1 atom stereocenters. The van der Waals surface area contributed by atoms with E-state index in [9.17, 15) is 4.79 Å². The predicted molar refractivity (Wildman–Crippen MR) is 63.3 cm³/mol. The summed E-state index contributed by atoms with van der Waals surface area (Å²) in [5.41, 5.74) is 5.31. The molecule has 1 aliphatic rings. The molecule has 94 valence electrons. The van der Waals surface area contributed by atoms with Gasteiger partial charge in [0.25, 0.3) is 0 Å². The van der Waals surface area contributed by atoms with Crippen LogP contribution in [0.1, 0.15) is 20.8 Å². The average molecular weight is 229 g/mol. The summed E-state index contributed by atoms with van der Waals surface area (Å²) in [4.78, 5) is 15.6. The Hall–Kier alpha value is -0.810. The van der Waals surface area contributed by atoms with Crippen molar-refractivity contribution in [2.45, 2.75) is 32.5 Å². The summed E-state index contributed by atoms with van der Waals surface area (Å²) in [6.07, 6.45) is -0.0574. The first kappa shape index (κ1) is 13.3. The van der Waals surface area contributed by atoms with Crippen LogP contribution < -0.4 is 5.73 Å². The van der Waals surface area contributed by atoms with Gasteiger partial charge in [-0.3, -0.25) is 0 Å². The number of nitrogens with two attached hydrogens (primary N) is 1. The molecular formula is C11H23N3O2. The van der Waals surface area contributed by atoms with E-state index in [2.05, 4.69) is 0 Å². The van der Waals surface area contributed by atoms with Crippen LogP contribution in [0, 0.1) is 0 Å². The first-order chi connectivity index (χ1) is 7.39. The van der Waals surface area contributed by atoms with Crippen LogP contribution in [0.2, 0.25) is 0 Å². The zero-order chi connectivity index (χ0) is 12.3. The van der Waals surface area contributed by atoms with E-state index in [-0.39, 0.29) is 17.7 Å². The molecule has 1 saturated heterocycles. The van der Waals surface area contributed by atoms with Gasteiger partial charge in [0.15, 0.2) is 0 Å². The largest absolute Gasteiger partial charge is 0.367 e. The quantitative estimate of drug-likeness (QED) is 0.750. The molecule has 0 aromatic rings. The number of rotatable bonds is 2. The van der Waals surface area contributed by atoms with Gasteiger partial charge in [0.05, 0.1) is 18.2 Å². The maximum absolute atomic E-state index is 12.0. The number of morpholine rings is 1. The SMILES string of the molecule is CCN(C)C(=O)N1CC(CN)OC(C)(C)C1. The Morgan fingerprint density at radius 2 is 2.25 bits per heavy atom. The summed E-state index contributed by atoms with van der Waals surface area (Å²) >= 11 is 0. The molecule has 0 aliphatic carbocycles. The zero-order valence-electron chi connectivity index (χ0n) is 10.7. The molecule has 0 saturated carbocycles. The van der Waals surface area contributed by atoms with Gasteiger partial charge >= 0.3 is 6.03 Å². The molecule has 0 radical (unpaired) electrons. The topological polar surface area (TPSA) is 58.8 Å². The lowest BCUT2D eigenvalue weighted by atomic mass is 10.1. The number of hydrogen-bond acceptors (Lipinski definition) is 3. The van der Waals surface area contributed by atoms with Crippen LogP contribution in [0.25, 0.3) is 0 Å². The van der Waals surface area contributed by atoms with Gasteiger partial charge in [-0.25, -0.2) is 4.79 Å². The van der Waals surface area contributed by atoms with E-state index in [1.165, 1.54) is 0 Å². The summed E-state index contributed by atoms with van der Waals surface area (Å²) < 4.78 is 5.78. The molecule has 1 heterocycles. The first-order valence-electron chi connectivity index (χ1n) is 5.77. The minimum atomic E-state index is -0.313. The van der Waals surface area contributed by atoms with E-state index < -0.39 is 0 Å². The van der Waals surface area contributed by atoms with Crippen molar-refractivity contribution >= 4 is 6.03 Å². The summed E-state index contributed by atoms with van der Waals surface area (Å²) in [6, 6.07) is 0.0531. The number of carbonyl (C=O) groups is 1. The molecule has 1 aliphatic heterocycles. The van der Waals surface area contributed by atoms with Crippen LogP contribution in [0.4, 0.5) is 4.79 Å². The highest BCUT2D eigenvalue weighted by atomic mass is 16.5. The first-order valence-corrected chi connectivity index (χ1v) is 5.77. The molecule has 5 nitrogen and oxygen atoms in total. The highest BCUT2D eigenvalue weighted by molar-refractivity contribution is 5.74. The zero-order valence-corrected chi connectivity index (χ0v) is 10.7. The Kier molecular flexibility index (Phi) is 4.15. The van der Waals surface area contributed by atoms with E-state index in [0.717, 1.165) is 0 Å². The second-order valence-electron chi connectivity index (χ2n) is 4.91. The second kappa shape index (κ2) is 5.01. The minimum Gasteiger partial charge on any atom is -0.367 e. The van der Waals surface area contributed by atoms with E-state index in [1.807, 2.05) is 32.7 Å². The maximum atomic E-state index is 12.0. The molecule has 0 aromatic carbocycles. The lowest BCUT2D eigenvalue weighted by Gasteiger charge is -2.43. The Morgan fingerprint density at radius 3 is 2.75 bits per heavy atom. The van der Waals surface area contributed by atoms with Crippen molar-refractivity contribution < 1.29 is 9.53 Å². The smallest absolute Gasteiger partial charge is 0.319 e. The van der Waals surface area contributed by atoms with Gasteiger partial charge in [0.1, 0.15) is 0 Å². The average Bonchev–Trinajstić information content (AvgIpc) is 2.24. The van der Waals surface area contributed by atoms with Gasteiger partial charge in [0, 0.05) is 26.7 Å². The van der Waals surface area contributed by atoms with Crippen molar-refractivity contribution in [2.75, 3.05) is 33.2 Å². The number of carbonyl (C=O) groups excluding carboxylic acids is 1. The minimum absolute atomic E-state index is 0.0531. The molecule has 1 rings (SSSR count). The molecule has 2 N–H and O–H groups in total. The number of ether oxygens (including phenoxy) is 1. The van der Waals surface area contributed by atoms with Crippen molar-refractivity contribution in [3.63, 3.8) is 0 Å². The van der Waals surface area contributed by atoms with Gasteiger partial charge in [-0.2, -0.15) is 0 Å². The van der Waals surface area contributed by atoms with Crippen molar-refractivity contribution in [3.05, 3.63) is 0 Å². The normalized spacial score (nSPS) is 24.3. The number of nitrogens with zero attached hydrogens (tertiary/aromatic N) is 2. The van der Waals surface area contributed by atoms with Gasteiger partial charge in [-0.1, -0.05) is 0 Å². The van der Waals surface area contributed by atoms with Crippen molar-refractivity contribution in [1.82, 2.24) is 9.80 Å². The van der Waals surface area contributed by atoms with Crippen LogP contribution in [0.3, 0.4) is 0 Å². The molecule has 0 aromatic heterocycles. The fraction of sp³-hybridized carbons (Fsp3) is 0.909. The van der Waals surface area contributed by atoms with Gasteiger partial charge in [0.2, 0.25) is 0 Å². The number of urea groups is 1. The van der Waals surface area contributed by atoms with E-state index >= 15 is 0 Å². The fourth-order valence-corrected chi connectivity index (χ4v) is 1.94. The molecule has 0 spiro atoms. The Labute approximate surface area is 97.5 Å². The Morgan fingerprint density at radius 1 is 1.62 bits per heavy atom. The number of hydrogen-bond donors (Lipinski definition) is 1. The third-order valence-electron chi connectivity index (χ3n) is 2.82. The van der Waals surface area contributed by atoms with Crippen LogP contribution in [0.15, 0.2) is 0 Å². The third-order valence-corrected chi connectivity index (χ3v) is 2.82. The van der Waals surface area contributed by atoms with Crippen LogP contribution in [-0.2, 0) is 4.74 Å². The monoisotopic (exact) mass is 229 g/mol. The van der Waals surface area contributed by atoms with Gasteiger partial charge in [-0.05, 0) is 20.8 Å². The molecule has 1 fully saturated rings. The maximum Gasteiger partial charge on any atom is 0.319 e. The van der Waals surface area contributed by atoms with Crippen LogP contribution >= 0.6 is 0 Å². The predicted octanol–water partition coefficient (Wildman–Crippen LogP) is 0.496. The van der Waals surface area contributed by atoms with Crippen molar-refractivity contribution in [2.24, 2.45) is 5.73 Å². The van der Waals surface area contributed by atoms with Crippen LogP contribution in [-0.4, -0.2) is 60.8 Å². The summed E-state index contributed by atoms with van der Waals surface area (Å²) in [5.74, 6) is 0. The molecule has 0 bridgehead atoms. The summed E-state index contributed by atoms with van der Waals surface area (Å²) in [6.45, 7) is 8.30. The Balaban J connectivity index is 2.69. The number of amides is 2. The molecule has 1 unspecified atom stereocenters. The summed E-state index contributed by atoms with van der Waals surface area (Å²) in [7, 11) is 1.81. The molecular weight excluding hydrogens is 206 g/mol. The van der Waals surface area contributed by atoms with Crippen molar-refractivity contribution in [3.8, 4) is 0 Å². The summed E-state index contributed by atoms with van der Waals surface area (Å²) in [5, 5.41) is 0. The molecule has 2 amide bonds. The van der Waals surface area contributed by atoms with Crippen molar-refractivity contribution in [1.29, 1.82) is 0 Å². The van der Waals surface area contributed by atoms with Gasteiger partial charge < -0.3 is 20.3 Å².